The van der Waals surface area contributed by atoms with E-state index in [2.05, 4.69) is 5.32 Å². The third kappa shape index (κ3) is 5.31. The highest BCUT2D eigenvalue weighted by Gasteiger charge is 2.29. The molecule has 0 atom stereocenters. The number of carbonyl (C=O) groups excluding carboxylic acids is 2. The Hall–Kier alpha value is -2.86. The summed E-state index contributed by atoms with van der Waals surface area (Å²) in [5.41, 5.74) is 1.75. The Morgan fingerprint density at radius 3 is 2.22 bits per heavy atom. The number of carboxylic acids is 1. The monoisotopic (exact) mass is 386 g/mol. The van der Waals surface area contributed by atoms with Gasteiger partial charge in [0.15, 0.2) is 0 Å². The minimum absolute atomic E-state index is 0.00989. The van der Waals surface area contributed by atoms with Crippen molar-refractivity contribution in [2.45, 2.75) is 19.4 Å². The number of benzene rings is 2. The maximum absolute atomic E-state index is 12.8. The van der Waals surface area contributed by atoms with Crippen LogP contribution >= 0.6 is 11.6 Å². The van der Waals surface area contributed by atoms with E-state index in [9.17, 15) is 14.4 Å². The van der Waals surface area contributed by atoms with Crippen molar-refractivity contribution in [2.75, 3.05) is 11.9 Å². The van der Waals surface area contributed by atoms with Crippen LogP contribution in [0.15, 0.2) is 48.5 Å². The fraction of sp³-hybridized carbons (Fsp3) is 0.250. The molecule has 2 aromatic rings. The first kappa shape index (κ1) is 18.9. The van der Waals surface area contributed by atoms with Gasteiger partial charge in [-0.1, -0.05) is 23.7 Å². The molecule has 7 heteroatoms. The van der Waals surface area contributed by atoms with Gasteiger partial charge in [-0.05, 0) is 54.8 Å². The maximum atomic E-state index is 12.8. The highest BCUT2D eigenvalue weighted by atomic mass is 35.5. The Labute approximate surface area is 161 Å². The van der Waals surface area contributed by atoms with Crippen molar-refractivity contribution < 1.29 is 19.5 Å². The lowest BCUT2D eigenvalue weighted by Gasteiger charge is -2.21. The van der Waals surface area contributed by atoms with Crippen molar-refractivity contribution >= 4 is 35.1 Å². The van der Waals surface area contributed by atoms with Crippen LogP contribution < -0.4 is 5.32 Å². The number of rotatable bonds is 7. The van der Waals surface area contributed by atoms with E-state index in [4.69, 9.17) is 16.7 Å². The molecule has 1 aliphatic carbocycles. The highest BCUT2D eigenvalue weighted by Crippen LogP contribution is 2.30. The van der Waals surface area contributed by atoms with Crippen molar-refractivity contribution in [3.63, 3.8) is 0 Å². The lowest BCUT2D eigenvalue weighted by atomic mass is 10.1. The summed E-state index contributed by atoms with van der Waals surface area (Å²) in [6, 6.07) is 13.4. The molecule has 0 aliphatic heterocycles. The first-order valence-corrected chi connectivity index (χ1v) is 8.96. The van der Waals surface area contributed by atoms with Crippen LogP contribution in [0.4, 0.5) is 5.69 Å². The molecule has 0 aromatic heterocycles. The fourth-order valence-corrected chi connectivity index (χ4v) is 2.77. The molecule has 0 bridgehead atoms. The van der Waals surface area contributed by atoms with Crippen LogP contribution in [-0.4, -0.2) is 34.3 Å². The number of hydrogen-bond acceptors (Lipinski definition) is 3. The first-order valence-electron chi connectivity index (χ1n) is 8.59. The molecule has 0 spiro atoms. The SMILES string of the molecule is O=C(O)CN(Cc1ccc(Cl)cc1)C(=O)c1ccc(NC(=O)C2CC2)cc1. The first-order chi connectivity index (χ1) is 12.9. The standard InChI is InChI=1S/C20H19ClN2O4/c21-16-7-1-13(2-8-16)11-23(12-18(24)25)20(27)15-5-9-17(10-6-15)22-19(26)14-3-4-14/h1-2,5-10,14H,3-4,11-12H2,(H,22,26)(H,24,25). The van der Waals surface area contributed by atoms with Crippen LogP contribution in [0.2, 0.25) is 5.02 Å². The fourth-order valence-electron chi connectivity index (χ4n) is 2.64. The maximum Gasteiger partial charge on any atom is 0.323 e. The van der Waals surface area contributed by atoms with Crippen LogP contribution in [0.1, 0.15) is 28.8 Å². The van der Waals surface area contributed by atoms with Gasteiger partial charge in [0.2, 0.25) is 5.91 Å². The number of amides is 2. The predicted molar refractivity (Wildman–Crippen MR) is 102 cm³/mol. The van der Waals surface area contributed by atoms with Crippen LogP contribution in [0.25, 0.3) is 0 Å². The minimum atomic E-state index is -1.09. The van der Waals surface area contributed by atoms with E-state index < -0.39 is 18.4 Å². The number of carboxylic acid groups (broad SMARTS) is 1. The minimum Gasteiger partial charge on any atom is -0.480 e. The van der Waals surface area contributed by atoms with Gasteiger partial charge in [-0.25, -0.2) is 0 Å². The molecule has 0 saturated heterocycles. The van der Waals surface area contributed by atoms with Crippen molar-refractivity contribution in [2.24, 2.45) is 5.92 Å². The molecule has 1 fully saturated rings. The van der Waals surface area contributed by atoms with E-state index in [1.807, 2.05) is 0 Å². The van der Waals surface area contributed by atoms with E-state index >= 15 is 0 Å². The van der Waals surface area contributed by atoms with Crippen LogP contribution in [-0.2, 0) is 16.1 Å². The number of halogens is 1. The topological polar surface area (TPSA) is 86.7 Å². The Morgan fingerprint density at radius 1 is 1.04 bits per heavy atom. The van der Waals surface area contributed by atoms with E-state index in [0.717, 1.165) is 18.4 Å². The van der Waals surface area contributed by atoms with Crippen molar-refractivity contribution in [1.82, 2.24) is 4.90 Å². The molecule has 27 heavy (non-hydrogen) atoms. The van der Waals surface area contributed by atoms with Crippen molar-refractivity contribution in [3.05, 3.63) is 64.7 Å². The van der Waals surface area contributed by atoms with Gasteiger partial charge in [0.1, 0.15) is 6.54 Å². The second-order valence-corrected chi connectivity index (χ2v) is 6.96. The van der Waals surface area contributed by atoms with Gasteiger partial charge in [0.25, 0.3) is 5.91 Å². The molecule has 0 unspecified atom stereocenters. The lowest BCUT2D eigenvalue weighted by Crippen LogP contribution is -2.35. The van der Waals surface area contributed by atoms with Gasteiger partial charge < -0.3 is 15.3 Å². The quantitative estimate of drug-likeness (QED) is 0.763. The third-order valence-electron chi connectivity index (χ3n) is 4.25. The summed E-state index contributed by atoms with van der Waals surface area (Å²) in [5.74, 6) is -1.40. The number of nitrogens with one attached hydrogen (secondary N) is 1. The normalized spacial score (nSPS) is 13.1. The number of hydrogen-bond donors (Lipinski definition) is 2. The van der Waals surface area contributed by atoms with E-state index in [-0.39, 0.29) is 18.4 Å². The predicted octanol–water partition coefficient (Wildman–Crippen LogP) is 3.42. The molecule has 2 N–H and O–H groups in total. The summed E-state index contributed by atoms with van der Waals surface area (Å²) in [5, 5.41) is 12.5. The van der Waals surface area contributed by atoms with Crippen LogP contribution in [0.5, 0.6) is 0 Å². The van der Waals surface area contributed by atoms with Gasteiger partial charge in [-0.15, -0.1) is 0 Å². The zero-order valence-corrected chi connectivity index (χ0v) is 15.3. The average molecular weight is 387 g/mol. The number of aliphatic carboxylic acids is 1. The molecule has 6 nitrogen and oxygen atoms in total. The summed E-state index contributed by atoms with van der Waals surface area (Å²) < 4.78 is 0. The van der Waals surface area contributed by atoms with E-state index in [1.54, 1.807) is 48.5 Å². The molecule has 1 aliphatic rings. The molecular formula is C20H19ClN2O4. The molecule has 0 radical (unpaired) electrons. The van der Waals surface area contributed by atoms with Gasteiger partial charge in [-0.2, -0.15) is 0 Å². The van der Waals surface area contributed by atoms with E-state index in [0.29, 0.717) is 16.3 Å². The Balaban J connectivity index is 1.71. The lowest BCUT2D eigenvalue weighted by molar-refractivity contribution is -0.137. The zero-order valence-electron chi connectivity index (χ0n) is 14.5. The molecule has 2 amide bonds. The van der Waals surface area contributed by atoms with Crippen molar-refractivity contribution in [3.8, 4) is 0 Å². The van der Waals surface area contributed by atoms with Crippen LogP contribution in [0, 0.1) is 5.92 Å². The number of carbonyl (C=O) groups is 3. The summed E-state index contributed by atoms with van der Waals surface area (Å²) in [4.78, 5) is 37.0. The molecule has 2 aromatic carbocycles. The van der Waals surface area contributed by atoms with Gasteiger partial charge >= 0.3 is 5.97 Å². The van der Waals surface area contributed by atoms with Crippen LogP contribution in [0.3, 0.4) is 0 Å². The third-order valence-corrected chi connectivity index (χ3v) is 4.50. The summed E-state index contributed by atoms with van der Waals surface area (Å²) in [6.07, 6.45) is 1.83. The van der Waals surface area contributed by atoms with E-state index in [1.165, 1.54) is 4.90 Å². The van der Waals surface area contributed by atoms with Gasteiger partial charge in [-0.3, -0.25) is 14.4 Å². The Bertz CT molecular complexity index is 845. The average Bonchev–Trinajstić information content (AvgIpc) is 3.48. The zero-order chi connectivity index (χ0) is 19.4. The second-order valence-electron chi connectivity index (χ2n) is 6.52. The molecule has 3 rings (SSSR count). The molecule has 0 heterocycles. The smallest absolute Gasteiger partial charge is 0.323 e. The summed E-state index contributed by atoms with van der Waals surface area (Å²) >= 11 is 5.86. The summed E-state index contributed by atoms with van der Waals surface area (Å²) in [6.45, 7) is -0.260. The molecule has 1 saturated carbocycles. The largest absolute Gasteiger partial charge is 0.480 e. The number of anilines is 1. The molecular weight excluding hydrogens is 368 g/mol. The Kier molecular flexibility index (Phi) is 5.76. The summed E-state index contributed by atoms with van der Waals surface area (Å²) in [7, 11) is 0. The Morgan fingerprint density at radius 2 is 1.67 bits per heavy atom. The number of nitrogens with zero attached hydrogens (tertiary/aromatic N) is 1. The van der Waals surface area contributed by atoms with Crippen molar-refractivity contribution in [1.29, 1.82) is 0 Å². The van der Waals surface area contributed by atoms with Gasteiger partial charge in [0, 0.05) is 28.7 Å². The highest BCUT2D eigenvalue weighted by molar-refractivity contribution is 6.30. The van der Waals surface area contributed by atoms with Gasteiger partial charge in [0.05, 0.1) is 0 Å². The second kappa shape index (κ2) is 8.22. The molecule has 140 valence electrons.